The van der Waals surface area contributed by atoms with Gasteiger partial charge in [-0.1, -0.05) is 35.0 Å². The van der Waals surface area contributed by atoms with Crippen molar-refractivity contribution in [1.82, 2.24) is 0 Å². The van der Waals surface area contributed by atoms with Crippen LogP contribution in [0, 0.1) is 5.82 Å². The Morgan fingerprint density at radius 1 is 1.41 bits per heavy atom. The molecule has 0 bridgehead atoms. The molecule has 1 N–H and O–H groups in total. The van der Waals surface area contributed by atoms with E-state index in [4.69, 9.17) is 0 Å². The second-order valence-corrected chi connectivity index (χ2v) is 8.08. The number of alkyl halides is 1. The van der Waals surface area contributed by atoms with Gasteiger partial charge in [0.25, 0.3) is 0 Å². The van der Waals surface area contributed by atoms with Crippen LogP contribution in [0.25, 0.3) is 0 Å². The highest BCUT2D eigenvalue weighted by atomic mass is 79.9. The summed E-state index contributed by atoms with van der Waals surface area (Å²) < 4.78 is 34.7. The number of rotatable bonds is 4. The molecule has 3 nitrogen and oxygen atoms in total. The molecule has 2 unspecified atom stereocenters. The topological polar surface area (TPSA) is 54.4 Å². The summed E-state index contributed by atoms with van der Waals surface area (Å²) >= 11 is 3.09. The molecule has 0 saturated heterocycles. The van der Waals surface area contributed by atoms with Gasteiger partial charge in [-0.3, -0.25) is 0 Å². The zero-order valence-corrected chi connectivity index (χ0v) is 11.9. The molecule has 2 atom stereocenters. The minimum atomic E-state index is -3.50. The van der Waals surface area contributed by atoms with Crippen molar-refractivity contribution in [3.8, 4) is 0 Å². The van der Waals surface area contributed by atoms with Crippen molar-refractivity contribution in [3.05, 3.63) is 35.6 Å². The van der Waals surface area contributed by atoms with Gasteiger partial charge in [0.2, 0.25) is 0 Å². The van der Waals surface area contributed by atoms with Gasteiger partial charge in [0.1, 0.15) is 11.9 Å². The first-order valence-corrected chi connectivity index (χ1v) is 7.73. The van der Waals surface area contributed by atoms with Crippen molar-refractivity contribution in [1.29, 1.82) is 0 Å². The lowest BCUT2D eigenvalue weighted by Gasteiger charge is -2.29. The lowest BCUT2D eigenvalue weighted by atomic mass is 10.0. The number of hydrogen-bond acceptors (Lipinski definition) is 3. The molecule has 0 radical (unpaired) electrons. The van der Waals surface area contributed by atoms with Crippen molar-refractivity contribution in [2.45, 2.75) is 23.1 Å². The summed E-state index contributed by atoms with van der Waals surface area (Å²) in [6.07, 6.45) is 0.00522. The van der Waals surface area contributed by atoms with E-state index in [1.807, 2.05) is 0 Å². The first-order chi connectivity index (χ1) is 7.72. The van der Waals surface area contributed by atoms with Gasteiger partial charge in [-0.05, 0) is 24.1 Å². The monoisotopic (exact) mass is 324 g/mol. The summed E-state index contributed by atoms with van der Waals surface area (Å²) in [6, 6.07) is 5.11. The van der Waals surface area contributed by atoms with Gasteiger partial charge in [0.05, 0.1) is 0 Å². The first-order valence-electron chi connectivity index (χ1n) is 5.04. The van der Waals surface area contributed by atoms with E-state index in [1.54, 1.807) is 6.92 Å². The third kappa shape index (κ3) is 2.86. The van der Waals surface area contributed by atoms with E-state index in [0.29, 0.717) is 5.56 Å². The second-order valence-electron chi connectivity index (χ2n) is 3.87. The summed E-state index contributed by atoms with van der Waals surface area (Å²) in [7, 11) is -3.50. The first kappa shape index (κ1) is 14.6. The van der Waals surface area contributed by atoms with Crippen LogP contribution in [0.1, 0.15) is 25.0 Å². The zero-order chi connectivity index (χ0) is 13.3. The average molecular weight is 325 g/mol. The number of sulfone groups is 1. The summed E-state index contributed by atoms with van der Waals surface area (Å²) in [6.45, 7) is 1.66. The molecule has 0 saturated carbocycles. The van der Waals surface area contributed by atoms with Crippen LogP contribution < -0.4 is 0 Å². The van der Waals surface area contributed by atoms with Gasteiger partial charge < -0.3 is 5.11 Å². The van der Waals surface area contributed by atoms with Gasteiger partial charge in [0, 0.05) is 6.26 Å². The third-order valence-electron chi connectivity index (χ3n) is 2.69. The summed E-state index contributed by atoms with van der Waals surface area (Å²) in [5, 5.41) is 10.1. The second kappa shape index (κ2) is 5.04. The van der Waals surface area contributed by atoms with E-state index >= 15 is 0 Å². The maximum Gasteiger partial charge on any atom is 0.166 e. The molecule has 0 aliphatic carbocycles. The lowest BCUT2D eigenvalue weighted by molar-refractivity contribution is 0.160. The van der Waals surface area contributed by atoms with Gasteiger partial charge in [-0.2, -0.15) is 0 Å². The summed E-state index contributed by atoms with van der Waals surface area (Å²) in [4.78, 5) is 0. The highest BCUT2D eigenvalue weighted by Crippen LogP contribution is 2.41. The van der Waals surface area contributed by atoms with Gasteiger partial charge in [-0.15, -0.1) is 0 Å². The Bertz CT molecular complexity index is 486. The van der Waals surface area contributed by atoms with Crippen molar-refractivity contribution in [3.63, 3.8) is 0 Å². The van der Waals surface area contributed by atoms with E-state index in [9.17, 15) is 17.9 Å². The van der Waals surface area contributed by atoms with Crippen LogP contribution in [-0.4, -0.2) is 23.4 Å². The normalized spacial score (nSPS) is 17.5. The van der Waals surface area contributed by atoms with Crippen LogP contribution in [0.3, 0.4) is 0 Å². The molecular weight excluding hydrogens is 311 g/mol. The number of aliphatic hydroxyl groups is 1. The molecule has 0 heterocycles. The Morgan fingerprint density at radius 2 is 1.88 bits per heavy atom. The Morgan fingerprint density at radius 3 is 2.24 bits per heavy atom. The molecule has 0 aliphatic heterocycles. The highest BCUT2D eigenvalue weighted by Gasteiger charge is 2.44. The molecule has 1 aromatic rings. The summed E-state index contributed by atoms with van der Waals surface area (Å²) in [5.74, 6) is -0.433. The smallest absolute Gasteiger partial charge is 0.166 e. The predicted octanol–water partition coefficient (Wildman–Crippen LogP) is 2.40. The van der Waals surface area contributed by atoms with E-state index in [1.165, 1.54) is 24.3 Å². The maximum atomic E-state index is 12.8. The molecule has 96 valence electrons. The fourth-order valence-electron chi connectivity index (χ4n) is 1.55. The number of benzene rings is 1. The molecule has 17 heavy (non-hydrogen) atoms. The maximum absolute atomic E-state index is 12.8. The Hall–Kier alpha value is -0.460. The Kier molecular flexibility index (Phi) is 4.33. The van der Waals surface area contributed by atoms with Gasteiger partial charge in [0.15, 0.2) is 13.5 Å². The number of halogens is 2. The molecule has 0 aromatic heterocycles. The van der Waals surface area contributed by atoms with Crippen molar-refractivity contribution in [2.24, 2.45) is 0 Å². The summed E-state index contributed by atoms with van der Waals surface area (Å²) in [5.41, 5.74) is 0.357. The van der Waals surface area contributed by atoms with Crippen LogP contribution >= 0.6 is 15.9 Å². The van der Waals surface area contributed by atoms with E-state index in [0.717, 1.165) is 6.26 Å². The lowest BCUT2D eigenvalue weighted by Crippen LogP contribution is -2.37. The molecule has 0 fully saturated rings. The van der Waals surface area contributed by atoms with E-state index < -0.39 is 25.4 Å². The Labute approximate surface area is 109 Å². The van der Waals surface area contributed by atoms with Crippen molar-refractivity contribution in [2.75, 3.05) is 6.26 Å². The largest absolute Gasteiger partial charge is 0.386 e. The molecule has 0 spiro atoms. The number of hydrogen-bond donors (Lipinski definition) is 1. The predicted molar refractivity (Wildman–Crippen MR) is 68.2 cm³/mol. The van der Waals surface area contributed by atoms with Gasteiger partial charge >= 0.3 is 0 Å². The Balaban J connectivity index is 3.19. The van der Waals surface area contributed by atoms with Gasteiger partial charge in [-0.25, -0.2) is 12.8 Å². The highest BCUT2D eigenvalue weighted by molar-refractivity contribution is 9.11. The van der Waals surface area contributed by atoms with E-state index in [2.05, 4.69) is 15.9 Å². The standard InChI is InChI=1S/C11H14BrFO3S/c1-3-11(12,17(2,15)16)10(14)8-4-6-9(13)7-5-8/h4-7,10,14H,3H2,1-2H3. The van der Waals surface area contributed by atoms with E-state index in [-0.39, 0.29) is 6.42 Å². The molecule has 6 heteroatoms. The molecule has 0 amide bonds. The van der Waals surface area contributed by atoms with Crippen LogP contribution in [0.2, 0.25) is 0 Å². The molecular formula is C11H14BrFO3S. The quantitative estimate of drug-likeness (QED) is 0.865. The van der Waals surface area contributed by atoms with Crippen molar-refractivity contribution < 1.29 is 17.9 Å². The number of aliphatic hydroxyl groups excluding tert-OH is 1. The van der Waals surface area contributed by atoms with Crippen molar-refractivity contribution >= 4 is 25.8 Å². The van der Waals surface area contributed by atoms with Crippen LogP contribution in [0.4, 0.5) is 4.39 Å². The third-order valence-corrected chi connectivity index (χ3v) is 7.20. The van der Waals surface area contributed by atoms with Crippen LogP contribution in [0.15, 0.2) is 24.3 Å². The van der Waals surface area contributed by atoms with Crippen LogP contribution in [-0.2, 0) is 9.84 Å². The minimum absolute atomic E-state index is 0.199. The fourth-order valence-corrected chi connectivity index (χ4v) is 2.88. The molecule has 1 rings (SSSR count). The molecule has 1 aromatic carbocycles. The minimum Gasteiger partial charge on any atom is -0.386 e. The SMILES string of the molecule is CCC(Br)(C(O)c1ccc(F)cc1)S(C)(=O)=O. The van der Waals surface area contributed by atoms with Crippen LogP contribution in [0.5, 0.6) is 0 Å². The zero-order valence-electron chi connectivity index (χ0n) is 9.52. The fraction of sp³-hybridized carbons (Fsp3) is 0.455. The molecule has 0 aliphatic rings. The average Bonchev–Trinajstić information content (AvgIpc) is 2.26.